The zero-order valence-corrected chi connectivity index (χ0v) is 11.3. The molecule has 0 saturated carbocycles. The van der Waals surface area contributed by atoms with Gasteiger partial charge >= 0.3 is 5.97 Å². The van der Waals surface area contributed by atoms with Gasteiger partial charge in [-0.25, -0.2) is 4.79 Å². The van der Waals surface area contributed by atoms with Crippen LogP contribution in [0, 0.1) is 10.1 Å². The van der Waals surface area contributed by atoms with E-state index >= 15 is 0 Å². The van der Waals surface area contributed by atoms with Crippen molar-refractivity contribution in [2.75, 3.05) is 0 Å². The van der Waals surface area contributed by atoms with Gasteiger partial charge in [0.1, 0.15) is 17.1 Å². The third-order valence-electron chi connectivity index (χ3n) is 2.98. The number of ether oxygens (including phenoxy) is 1. The van der Waals surface area contributed by atoms with Crippen molar-refractivity contribution in [2.24, 2.45) is 0 Å². The first kappa shape index (κ1) is 14.5. The number of nitro groups is 1. The fourth-order valence-corrected chi connectivity index (χ4v) is 1.90. The monoisotopic (exact) mass is 287 g/mol. The number of aryl methyl sites for hydroxylation is 1. The number of carboxylic acids is 1. The first-order valence-electron chi connectivity index (χ1n) is 6.30. The second-order valence-corrected chi connectivity index (χ2v) is 4.31. The number of nitrogens with zero attached hydrogens (tertiary/aromatic N) is 1. The molecule has 0 radical (unpaired) electrons. The average molecular weight is 287 g/mol. The Bertz CT molecular complexity index is 696. The largest absolute Gasteiger partial charge is 0.478 e. The van der Waals surface area contributed by atoms with Gasteiger partial charge in [-0.3, -0.25) is 10.1 Å². The van der Waals surface area contributed by atoms with Crippen LogP contribution in [0.1, 0.15) is 22.8 Å². The van der Waals surface area contributed by atoms with Crippen molar-refractivity contribution in [3.05, 3.63) is 63.7 Å². The first-order chi connectivity index (χ1) is 10.0. The van der Waals surface area contributed by atoms with Crippen LogP contribution in [0.15, 0.2) is 42.5 Å². The molecule has 0 unspecified atom stereocenters. The molecule has 21 heavy (non-hydrogen) atoms. The SMILES string of the molecule is CCc1ccccc1Oc1ccc([N+](=O)[O-])cc1C(=O)O. The lowest BCUT2D eigenvalue weighted by atomic mass is 10.1. The molecule has 2 aromatic carbocycles. The van der Waals surface area contributed by atoms with Gasteiger partial charge in [0.15, 0.2) is 0 Å². The van der Waals surface area contributed by atoms with Crippen molar-refractivity contribution in [1.29, 1.82) is 0 Å². The second-order valence-electron chi connectivity index (χ2n) is 4.31. The Morgan fingerprint density at radius 2 is 1.95 bits per heavy atom. The standard InChI is InChI=1S/C15H13NO5/c1-2-10-5-3-4-6-13(10)21-14-8-7-11(16(19)20)9-12(14)15(17)18/h3-9H,2H2,1H3,(H,17,18). The van der Waals surface area contributed by atoms with Gasteiger partial charge in [0.2, 0.25) is 0 Å². The molecule has 0 aliphatic heterocycles. The zero-order valence-electron chi connectivity index (χ0n) is 11.3. The average Bonchev–Trinajstić information content (AvgIpc) is 2.47. The third-order valence-corrected chi connectivity index (χ3v) is 2.98. The highest BCUT2D eigenvalue weighted by molar-refractivity contribution is 5.91. The Morgan fingerprint density at radius 1 is 1.24 bits per heavy atom. The molecule has 0 aliphatic carbocycles. The van der Waals surface area contributed by atoms with E-state index in [0.29, 0.717) is 5.75 Å². The van der Waals surface area contributed by atoms with E-state index in [-0.39, 0.29) is 17.0 Å². The molecule has 108 valence electrons. The van der Waals surface area contributed by atoms with Crippen LogP contribution in [-0.4, -0.2) is 16.0 Å². The maximum absolute atomic E-state index is 11.2. The van der Waals surface area contributed by atoms with Gasteiger partial charge in [0.25, 0.3) is 5.69 Å². The molecule has 0 fully saturated rings. The topological polar surface area (TPSA) is 89.7 Å². The van der Waals surface area contributed by atoms with Crippen LogP contribution in [0.5, 0.6) is 11.5 Å². The van der Waals surface area contributed by atoms with Crippen LogP contribution in [-0.2, 0) is 6.42 Å². The van der Waals surface area contributed by atoms with Crippen molar-refractivity contribution in [3.8, 4) is 11.5 Å². The molecule has 0 spiro atoms. The van der Waals surface area contributed by atoms with E-state index in [9.17, 15) is 20.0 Å². The smallest absolute Gasteiger partial charge is 0.339 e. The van der Waals surface area contributed by atoms with E-state index in [1.807, 2.05) is 19.1 Å². The minimum atomic E-state index is -1.28. The van der Waals surface area contributed by atoms with E-state index in [1.54, 1.807) is 12.1 Å². The van der Waals surface area contributed by atoms with E-state index in [1.165, 1.54) is 12.1 Å². The number of hydrogen-bond acceptors (Lipinski definition) is 4. The Kier molecular flexibility index (Phi) is 4.18. The van der Waals surface area contributed by atoms with Gasteiger partial charge in [-0.2, -0.15) is 0 Å². The lowest BCUT2D eigenvalue weighted by Gasteiger charge is -2.11. The molecule has 6 heteroatoms. The summed E-state index contributed by atoms with van der Waals surface area (Å²) in [6.45, 7) is 1.95. The first-order valence-corrected chi connectivity index (χ1v) is 6.30. The van der Waals surface area contributed by atoms with Crippen molar-refractivity contribution in [1.82, 2.24) is 0 Å². The number of non-ortho nitro benzene ring substituents is 1. The molecule has 2 aromatic rings. The Balaban J connectivity index is 2.44. The fraction of sp³-hybridized carbons (Fsp3) is 0.133. The summed E-state index contributed by atoms with van der Waals surface area (Å²) in [7, 11) is 0. The number of benzene rings is 2. The molecule has 0 saturated heterocycles. The summed E-state index contributed by atoms with van der Waals surface area (Å²) in [4.78, 5) is 21.3. The molecule has 0 aromatic heterocycles. The summed E-state index contributed by atoms with van der Waals surface area (Å²) in [6.07, 6.45) is 0.728. The number of nitro benzene ring substituents is 1. The van der Waals surface area contributed by atoms with Gasteiger partial charge in [-0.15, -0.1) is 0 Å². The molecular weight excluding hydrogens is 274 g/mol. The third kappa shape index (κ3) is 3.17. The second kappa shape index (κ2) is 6.04. The highest BCUT2D eigenvalue weighted by atomic mass is 16.6. The van der Waals surface area contributed by atoms with Crippen LogP contribution in [0.25, 0.3) is 0 Å². The van der Waals surface area contributed by atoms with Crippen LogP contribution >= 0.6 is 0 Å². The number of rotatable bonds is 5. The lowest BCUT2D eigenvalue weighted by Crippen LogP contribution is -2.02. The highest BCUT2D eigenvalue weighted by Crippen LogP contribution is 2.30. The van der Waals surface area contributed by atoms with Crippen molar-refractivity contribution < 1.29 is 19.6 Å². The maximum Gasteiger partial charge on any atom is 0.339 e. The van der Waals surface area contributed by atoms with E-state index < -0.39 is 10.9 Å². The van der Waals surface area contributed by atoms with E-state index in [4.69, 9.17) is 4.74 Å². The highest BCUT2D eigenvalue weighted by Gasteiger charge is 2.18. The van der Waals surface area contributed by atoms with Crippen LogP contribution < -0.4 is 4.74 Å². The maximum atomic E-state index is 11.2. The molecule has 0 bridgehead atoms. The number of hydrogen-bond donors (Lipinski definition) is 1. The minimum absolute atomic E-state index is 0.0778. The fourth-order valence-electron chi connectivity index (χ4n) is 1.90. The van der Waals surface area contributed by atoms with E-state index in [0.717, 1.165) is 18.1 Å². The number of carboxylic acid groups (broad SMARTS) is 1. The number of carbonyl (C=O) groups is 1. The number of aromatic carboxylic acids is 1. The summed E-state index contributed by atoms with van der Waals surface area (Å²) in [5, 5.41) is 19.9. The summed E-state index contributed by atoms with van der Waals surface area (Å²) < 4.78 is 5.62. The van der Waals surface area contributed by atoms with Crippen molar-refractivity contribution in [3.63, 3.8) is 0 Å². The predicted molar refractivity (Wildman–Crippen MR) is 75.9 cm³/mol. The zero-order chi connectivity index (χ0) is 15.4. The van der Waals surface area contributed by atoms with E-state index in [2.05, 4.69) is 0 Å². The molecule has 0 aliphatic rings. The van der Waals surface area contributed by atoms with Gasteiger partial charge in [-0.1, -0.05) is 25.1 Å². The normalized spacial score (nSPS) is 10.1. The molecule has 6 nitrogen and oxygen atoms in total. The quantitative estimate of drug-likeness (QED) is 0.669. The summed E-state index contributed by atoms with van der Waals surface area (Å²) in [6, 6.07) is 10.8. The summed E-state index contributed by atoms with van der Waals surface area (Å²) in [5.74, 6) is -0.659. The minimum Gasteiger partial charge on any atom is -0.478 e. The van der Waals surface area contributed by atoms with Crippen LogP contribution in [0.2, 0.25) is 0 Å². The van der Waals surface area contributed by atoms with Gasteiger partial charge in [-0.05, 0) is 24.1 Å². The van der Waals surface area contributed by atoms with Crippen LogP contribution in [0.3, 0.4) is 0 Å². The van der Waals surface area contributed by atoms with Crippen molar-refractivity contribution in [2.45, 2.75) is 13.3 Å². The Hall–Kier alpha value is -2.89. The molecule has 0 atom stereocenters. The molecule has 0 heterocycles. The molecule has 0 amide bonds. The van der Waals surface area contributed by atoms with Crippen molar-refractivity contribution >= 4 is 11.7 Å². The van der Waals surface area contributed by atoms with Crippen LogP contribution in [0.4, 0.5) is 5.69 Å². The lowest BCUT2D eigenvalue weighted by molar-refractivity contribution is -0.384. The number of para-hydroxylation sites is 1. The summed E-state index contributed by atoms with van der Waals surface area (Å²) in [5.41, 5.74) is 0.394. The summed E-state index contributed by atoms with van der Waals surface area (Å²) >= 11 is 0. The molecular formula is C15H13NO5. The Labute approximate surface area is 120 Å². The predicted octanol–water partition coefficient (Wildman–Crippen LogP) is 3.65. The molecule has 1 N–H and O–H groups in total. The van der Waals surface area contributed by atoms with Gasteiger partial charge in [0.05, 0.1) is 4.92 Å². The van der Waals surface area contributed by atoms with Gasteiger partial charge < -0.3 is 9.84 Å². The molecule has 2 rings (SSSR count). The van der Waals surface area contributed by atoms with Gasteiger partial charge in [0, 0.05) is 12.1 Å². The Morgan fingerprint density at radius 3 is 2.57 bits per heavy atom.